The van der Waals surface area contributed by atoms with Crippen LogP contribution in [0.4, 0.5) is 0 Å². The summed E-state index contributed by atoms with van der Waals surface area (Å²) in [5, 5.41) is 5.57. The van der Waals surface area contributed by atoms with Crippen LogP contribution in [0.25, 0.3) is 11.1 Å². The third kappa shape index (κ3) is 12.5. The van der Waals surface area contributed by atoms with Gasteiger partial charge < -0.3 is 43.8 Å². The van der Waals surface area contributed by atoms with Gasteiger partial charge in [0.1, 0.15) is 25.1 Å². The van der Waals surface area contributed by atoms with Crippen LogP contribution in [0.3, 0.4) is 0 Å². The molecule has 6 rings (SSSR count). The summed E-state index contributed by atoms with van der Waals surface area (Å²) in [5.74, 6) is -1.85. The van der Waals surface area contributed by atoms with Crippen LogP contribution in [-0.4, -0.2) is 87.9 Å². The van der Waals surface area contributed by atoms with Gasteiger partial charge in [-0.1, -0.05) is 93.0 Å². The third-order valence-electron chi connectivity index (χ3n) is 12.3. The van der Waals surface area contributed by atoms with Crippen molar-refractivity contribution < 1.29 is 52.3 Å². The molecule has 0 saturated carbocycles. The number of carbonyl (C=O) groups is 4. The number of amides is 2. The van der Waals surface area contributed by atoms with E-state index in [0.29, 0.717) is 34.9 Å². The Morgan fingerprint density at radius 1 is 0.609 bits per heavy atom. The van der Waals surface area contributed by atoms with Gasteiger partial charge in [-0.3, -0.25) is 19.2 Å². The standard InChI is InChI=1S/C50H59ClN2O11/c1-29-30(2)46(60-25-34-14-10-8-11-15-34)43(63-44(29)27-58-32(4)54)24-42-31(3)45(28-59-33(5)55)64-50(47(42)61-26-35-16-12-9-13-17-35)62-41-22-37(21-40(51)23-41)36-18-38(48(56)52-6)20-39(19-36)49(57)53-7/h8-23,29-31,42-47,50H,24-28H2,1-7H3,(H,52,56)(H,53,57)/t29-,30-,31-,42-,43+,44+,45+,46-,47-,50-/m0/s1. The van der Waals surface area contributed by atoms with E-state index < -0.39 is 42.6 Å². The third-order valence-corrected chi connectivity index (χ3v) is 12.5. The van der Waals surface area contributed by atoms with E-state index in [0.717, 1.165) is 11.1 Å². The van der Waals surface area contributed by atoms with Gasteiger partial charge in [-0.15, -0.1) is 0 Å². The van der Waals surface area contributed by atoms with Crippen molar-refractivity contribution in [2.75, 3.05) is 27.3 Å². The van der Waals surface area contributed by atoms with E-state index in [1.165, 1.54) is 34.0 Å². The molecule has 342 valence electrons. The minimum atomic E-state index is -1.06. The van der Waals surface area contributed by atoms with Crippen LogP contribution >= 0.6 is 11.6 Å². The van der Waals surface area contributed by atoms with Crippen molar-refractivity contribution in [2.24, 2.45) is 23.7 Å². The molecule has 0 aromatic heterocycles. The lowest BCUT2D eigenvalue weighted by Gasteiger charge is -2.49. The Morgan fingerprint density at radius 2 is 1.12 bits per heavy atom. The molecule has 2 N–H and O–H groups in total. The number of carbonyl (C=O) groups excluding carboxylic acids is 4. The Hall–Kier alpha value is -5.31. The molecule has 4 aromatic rings. The second-order valence-electron chi connectivity index (χ2n) is 16.6. The molecule has 0 aliphatic carbocycles. The van der Waals surface area contributed by atoms with Gasteiger partial charge in [-0.25, -0.2) is 0 Å². The average molecular weight is 899 g/mol. The number of benzene rings is 4. The highest BCUT2D eigenvalue weighted by Crippen LogP contribution is 2.43. The fourth-order valence-corrected chi connectivity index (χ4v) is 8.73. The van der Waals surface area contributed by atoms with Gasteiger partial charge in [0.2, 0.25) is 6.29 Å². The smallest absolute Gasteiger partial charge is 0.302 e. The van der Waals surface area contributed by atoms with E-state index >= 15 is 0 Å². The molecule has 13 nitrogen and oxygen atoms in total. The lowest BCUT2D eigenvalue weighted by atomic mass is 9.74. The van der Waals surface area contributed by atoms with Crippen LogP contribution in [0, 0.1) is 23.7 Å². The van der Waals surface area contributed by atoms with E-state index in [9.17, 15) is 19.2 Å². The fraction of sp³-hybridized carbons (Fsp3) is 0.440. The number of hydrogen-bond acceptors (Lipinski definition) is 11. The topological polar surface area (TPSA) is 157 Å². The number of ether oxygens (including phenoxy) is 7. The molecule has 2 aliphatic rings. The molecule has 2 heterocycles. The molecule has 4 aromatic carbocycles. The zero-order valence-corrected chi connectivity index (χ0v) is 38.2. The first-order valence-electron chi connectivity index (χ1n) is 21.7. The minimum absolute atomic E-state index is 0.00134. The molecule has 0 spiro atoms. The Bertz CT molecular complexity index is 2170. The van der Waals surface area contributed by atoms with Crippen LogP contribution < -0.4 is 15.4 Å². The van der Waals surface area contributed by atoms with Crippen molar-refractivity contribution in [1.29, 1.82) is 0 Å². The molecule has 64 heavy (non-hydrogen) atoms. The highest BCUT2D eigenvalue weighted by Gasteiger charge is 2.50. The number of halogens is 1. The summed E-state index contributed by atoms with van der Waals surface area (Å²) in [6.07, 6.45) is -3.24. The predicted molar refractivity (Wildman–Crippen MR) is 241 cm³/mol. The van der Waals surface area contributed by atoms with Gasteiger partial charge in [-0.05, 0) is 88.7 Å². The highest BCUT2D eigenvalue weighted by molar-refractivity contribution is 6.31. The van der Waals surface area contributed by atoms with Crippen molar-refractivity contribution in [3.63, 3.8) is 0 Å². The zero-order valence-electron chi connectivity index (χ0n) is 37.4. The lowest BCUT2D eigenvalue weighted by Crippen LogP contribution is -2.58. The first-order valence-corrected chi connectivity index (χ1v) is 22.1. The lowest BCUT2D eigenvalue weighted by molar-refractivity contribution is -0.274. The Kier molecular flexibility index (Phi) is 17.0. The maximum Gasteiger partial charge on any atom is 0.302 e. The summed E-state index contributed by atoms with van der Waals surface area (Å²) in [7, 11) is 3.04. The molecule has 2 saturated heterocycles. The molecule has 0 unspecified atom stereocenters. The second-order valence-corrected chi connectivity index (χ2v) is 17.0. The predicted octanol–water partition coefficient (Wildman–Crippen LogP) is 7.81. The van der Waals surface area contributed by atoms with Crippen LogP contribution in [0.15, 0.2) is 97.1 Å². The second kappa shape index (κ2) is 22.5. The van der Waals surface area contributed by atoms with Crippen molar-refractivity contribution in [2.45, 2.75) is 91.1 Å². The molecule has 0 bridgehead atoms. The summed E-state index contributed by atoms with van der Waals surface area (Å²) in [6.45, 7) is 9.64. The van der Waals surface area contributed by atoms with Crippen molar-refractivity contribution in [1.82, 2.24) is 10.6 Å². The summed E-state index contributed by atoms with van der Waals surface area (Å²) in [6, 6.07) is 29.7. The first kappa shape index (κ1) is 48.2. The Labute approximate surface area is 380 Å². The molecular weight excluding hydrogens is 840 g/mol. The van der Waals surface area contributed by atoms with Crippen LogP contribution in [0.5, 0.6) is 5.75 Å². The quantitative estimate of drug-likeness (QED) is 0.0997. The van der Waals surface area contributed by atoms with E-state index in [2.05, 4.69) is 24.5 Å². The molecular formula is C50H59ClN2O11. The Balaban J connectivity index is 1.40. The molecule has 14 heteroatoms. The SMILES string of the molecule is CNC(=O)c1cc(C(=O)NC)cc(-c2cc(Cl)cc(O[C@H]3O[C@H](COC(C)=O)[C@@H](C)[C@H](C[C@H]4O[C@H](COC(C)=O)[C@@H](C)[C@H](C)[C@@H]4OCc4ccccc4)[C@@H]3OCc3ccccc3)c2)c1. The molecule has 0 radical (unpaired) electrons. The molecule has 2 aliphatic heterocycles. The number of hydrogen-bond donors (Lipinski definition) is 2. The minimum Gasteiger partial charge on any atom is -0.463 e. The summed E-state index contributed by atoms with van der Waals surface area (Å²) in [5.41, 5.74) is 3.65. The summed E-state index contributed by atoms with van der Waals surface area (Å²) in [4.78, 5) is 49.9. The van der Waals surface area contributed by atoms with Crippen LogP contribution in [0.1, 0.15) is 72.9 Å². The van der Waals surface area contributed by atoms with Crippen molar-refractivity contribution >= 4 is 35.4 Å². The van der Waals surface area contributed by atoms with Gasteiger partial charge in [0.25, 0.3) is 11.8 Å². The van der Waals surface area contributed by atoms with Crippen LogP contribution in [-0.2, 0) is 51.2 Å². The zero-order chi connectivity index (χ0) is 45.9. The average Bonchev–Trinajstić information content (AvgIpc) is 3.29. The molecule has 2 amide bonds. The van der Waals surface area contributed by atoms with Crippen molar-refractivity contribution in [3.05, 3.63) is 124 Å². The van der Waals surface area contributed by atoms with E-state index in [1.54, 1.807) is 30.3 Å². The maximum absolute atomic E-state index is 12.8. The van der Waals surface area contributed by atoms with Gasteiger partial charge in [0.15, 0.2) is 0 Å². The molecule has 10 atom stereocenters. The first-order chi connectivity index (χ1) is 30.7. The Morgan fingerprint density at radius 3 is 1.66 bits per heavy atom. The van der Waals surface area contributed by atoms with Crippen molar-refractivity contribution in [3.8, 4) is 16.9 Å². The van der Waals surface area contributed by atoms with E-state index in [-0.39, 0.29) is 72.5 Å². The van der Waals surface area contributed by atoms with E-state index in [1.807, 2.05) is 67.6 Å². The van der Waals surface area contributed by atoms with E-state index in [4.69, 9.17) is 44.8 Å². The van der Waals surface area contributed by atoms with Gasteiger partial charge in [0.05, 0.1) is 37.6 Å². The van der Waals surface area contributed by atoms with Gasteiger partial charge in [0, 0.05) is 44.1 Å². The summed E-state index contributed by atoms with van der Waals surface area (Å²) < 4.78 is 45.2. The fourth-order valence-electron chi connectivity index (χ4n) is 8.51. The summed E-state index contributed by atoms with van der Waals surface area (Å²) >= 11 is 6.79. The van der Waals surface area contributed by atoms with Crippen LogP contribution in [0.2, 0.25) is 5.02 Å². The number of rotatable bonds is 17. The largest absolute Gasteiger partial charge is 0.463 e. The number of nitrogens with one attached hydrogen (secondary N) is 2. The normalized spacial score (nSPS) is 25.4. The van der Waals surface area contributed by atoms with Gasteiger partial charge in [-0.2, -0.15) is 0 Å². The maximum atomic E-state index is 12.8. The van der Waals surface area contributed by atoms with Gasteiger partial charge >= 0.3 is 11.9 Å². The molecule has 2 fully saturated rings. The monoisotopic (exact) mass is 898 g/mol. The highest BCUT2D eigenvalue weighted by atomic mass is 35.5. The number of esters is 2.